The third-order valence-electron chi connectivity index (χ3n) is 4.08. The van der Waals surface area contributed by atoms with Gasteiger partial charge in [-0.2, -0.15) is 0 Å². The van der Waals surface area contributed by atoms with Crippen molar-refractivity contribution < 1.29 is 9.72 Å². The summed E-state index contributed by atoms with van der Waals surface area (Å²) in [6.45, 7) is 3.57. The first-order valence-corrected chi connectivity index (χ1v) is 9.39. The second kappa shape index (κ2) is 8.43. The number of carbonyl (C=O) groups is 1. The van der Waals surface area contributed by atoms with Gasteiger partial charge in [-0.1, -0.05) is 11.6 Å². The van der Waals surface area contributed by atoms with Crippen LogP contribution in [-0.2, 0) is 4.79 Å². The minimum atomic E-state index is -0.525. The normalized spacial score (nSPS) is 15.5. The van der Waals surface area contributed by atoms with Gasteiger partial charge >= 0.3 is 0 Å². The fourth-order valence-electron chi connectivity index (χ4n) is 2.80. The lowest BCUT2D eigenvalue weighted by Crippen LogP contribution is -2.36. The van der Waals surface area contributed by atoms with E-state index in [1.807, 2.05) is 5.38 Å². The maximum atomic E-state index is 12.3. The highest BCUT2D eigenvalue weighted by molar-refractivity contribution is 7.13. The molecule has 138 valence electrons. The summed E-state index contributed by atoms with van der Waals surface area (Å²) in [6.07, 6.45) is 2.75. The van der Waals surface area contributed by atoms with Gasteiger partial charge < -0.3 is 10.2 Å². The molecule has 1 aromatic heterocycles. The van der Waals surface area contributed by atoms with E-state index in [0.717, 1.165) is 37.7 Å². The molecule has 1 aliphatic heterocycles. The Kier molecular flexibility index (Phi) is 6.02. The lowest BCUT2D eigenvalue weighted by molar-refractivity contribution is -0.384. The molecule has 8 nitrogen and oxygen atoms in total. The van der Waals surface area contributed by atoms with Crippen molar-refractivity contribution in [3.8, 4) is 0 Å². The van der Waals surface area contributed by atoms with Gasteiger partial charge in [0, 0.05) is 49.9 Å². The van der Waals surface area contributed by atoms with Crippen LogP contribution >= 0.6 is 22.9 Å². The summed E-state index contributed by atoms with van der Waals surface area (Å²) in [7, 11) is 0. The number of benzene rings is 1. The number of nitro groups is 1. The lowest BCUT2D eigenvalue weighted by atomic mass is 10.2. The third kappa shape index (κ3) is 4.69. The molecule has 0 unspecified atom stereocenters. The van der Waals surface area contributed by atoms with Gasteiger partial charge in [0.2, 0.25) is 5.91 Å². The van der Waals surface area contributed by atoms with Crippen LogP contribution in [0.2, 0.25) is 5.02 Å². The Morgan fingerprint density at radius 2 is 2.19 bits per heavy atom. The fourth-order valence-corrected chi connectivity index (χ4v) is 3.72. The Bertz CT molecular complexity index is 786. The molecule has 2 heterocycles. The van der Waals surface area contributed by atoms with Crippen LogP contribution in [0, 0.1) is 10.1 Å². The van der Waals surface area contributed by atoms with Crippen LogP contribution in [0.4, 0.5) is 16.5 Å². The highest BCUT2D eigenvalue weighted by atomic mass is 35.5. The van der Waals surface area contributed by atoms with Crippen molar-refractivity contribution in [1.82, 2.24) is 9.88 Å². The molecule has 2 aromatic rings. The molecule has 0 bridgehead atoms. The molecule has 0 aliphatic carbocycles. The monoisotopic (exact) mass is 395 g/mol. The number of hydrogen-bond donors (Lipinski definition) is 1. The molecule has 3 rings (SSSR count). The van der Waals surface area contributed by atoms with E-state index in [9.17, 15) is 14.9 Å². The average molecular weight is 396 g/mol. The topological polar surface area (TPSA) is 91.6 Å². The highest BCUT2D eigenvalue weighted by Gasteiger charge is 2.19. The summed E-state index contributed by atoms with van der Waals surface area (Å²) in [6, 6.07) is 4.00. The van der Waals surface area contributed by atoms with Crippen molar-refractivity contribution in [2.45, 2.75) is 6.42 Å². The van der Waals surface area contributed by atoms with Crippen molar-refractivity contribution in [1.29, 1.82) is 0 Å². The van der Waals surface area contributed by atoms with Crippen molar-refractivity contribution in [2.24, 2.45) is 0 Å². The molecule has 0 radical (unpaired) electrons. The van der Waals surface area contributed by atoms with Crippen LogP contribution in [0.25, 0.3) is 0 Å². The predicted octanol–water partition coefficient (Wildman–Crippen LogP) is 2.86. The standard InChI is InChI=1S/C16H18ClN5O3S/c17-13-10-12(22(24)25)2-3-14(13)19-15(23)11-20-5-1-6-21(8-7-20)16-18-4-9-26-16/h2-4,9-10H,1,5-8,11H2,(H,19,23). The molecule has 1 saturated heterocycles. The molecule has 1 aromatic carbocycles. The molecule has 1 aliphatic rings. The molecule has 1 amide bonds. The first-order chi connectivity index (χ1) is 12.5. The summed E-state index contributed by atoms with van der Waals surface area (Å²) in [5.74, 6) is -0.191. The first-order valence-electron chi connectivity index (χ1n) is 8.13. The van der Waals surface area contributed by atoms with E-state index in [2.05, 4.69) is 20.1 Å². The fraction of sp³-hybridized carbons (Fsp3) is 0.375. The molecular weight excluding hydrogens is 378 g/mol. The summed E-state index contributed by atoms with van der Waals surface area (Å²) >= 11 is 7.63. The van der Waals surface area contributed by atoms with Gasteiger partial charge in [0.1, 0.15) is 0 Å². The van der Waals surface area contributed by atoms with E-state index in [0.29, 0.717) is 5.69 Å². The van der Waals surface area contributed by atoms with Crippen molar-refractivity contribution in [2.75, 3.05) is 42.9 Å². The predicted molar refractivity (Wildman–Crippen MR) is 102 cm³/mol. The highest BCUT2D eigenvalue weighted by Crippen LogP contribution is 2.26. The summed E-state index contributed by atoms with van der Waals surface area (Å²) < 4.78 is 0. The number of amides is 1. The number of thiazole rings is 1. The molecule has 0 spiro atoms. The van der Waals surface area contributed by atoms with E-state index < -0.39 is 4.92 Å². The second-order valence-electron chi connectivity index (χ2n) is 5.90. The van der Waals surface area contributed by atoms with Crippen LogP contribution < -0.4 is 10.2 Å². The number of nitrogens with zero attached hydrogens (tertiary/aromatic N) is 4. The van der Waals surface area contributed by atoms with Crippen molar-refractivity contribution in [3.05, 3.63) is 44.9 Å². The lowest BCUT2D eigenvalue weighted by Gasteiger charge is -2.21. The van der Waals surface area contributed by atoms with E-state index in [4.69, 9.17) is 11.6 Å². The summed E-state index contributed by atoms with van der Waals surface area (Å²) in [4.78, 5) is 31.2. The van der Waals surface area contributed by atoms with Gasteiger partial charge in [0.15, 0.2) is 5.13 Å². The van der Waals surface area contributed by atoms with E-state index in [-0.39, 0.29) is 23.2 Å². The third-order valence-corrected chi connectivity index (χ3v) is 5.23. The van der Waals surface area contributed by atoms with Gasteiger partial charge in [0.25, 0.3) is 5.69 Å². The van der Waals surface area contributed by atoms with Crippen molar-refractivity contribution >= 4 is 45.4 Å². The molecule has 1 fully saturated rings. The van der Waals surface area contributed by atoms with Crippen LogP contribution in [-0.4, -0.2) is 53.4 Å². The number of hydrogen-bond acceptors (Lipinski definition) is 7. The molecule has 0 saturated carbocycles. The number of non-ortho nitro benzene ring substituents is 1. The van der Waals surface area contributed by atoms with Gasteiger partial charge in [0.05, 0.1) is 22.2 Å². The van der Waals surface area contributed by atoms with E-state index in [1.54, 1.807) is 17.5 Å². The molecule has 26 heavy (non-hydrogen) atoms. The van der Waals surface area contributed by atoms with Crippen LogP contribution in [0.5, 0.6) is 0 Å². The van der Waals surface area contributed by atoms with Gasteiger partial charge in [-0.15, -0.1) is 11.3 Å². The van der Waals surface area contributed by atoms with E-state index in [1.165, 1.54) is 18.2 Å². The number of aromatic nitrogens is 1. The number of halogens is 1. The summed E-state index contributed by atoms with van der Waals surface area (Å²) in [5, 5.41) is 16.6. The zero-order valence-corrected chi connectivity index (χ0v) is 15.5. The second-order valence-corrected chi connectivity index (χ2v) is 7.18. The van der Waals surface area contributed by atoms with Crippen LogP contribution in [0.1, 0.15) is 6.42 Å². The smallest absolute Gasteiger partial charge is 0.271 e. The van der Waals surface area contributed by atoms with E-state index >= 15 is 0 Å². The van der Waals surface area contributed by atoms with Crippen molar-refractivity contribution in [3.63, 3.8) is 0 Å². The Hall–Kier alpha value is -2.23. The zero-order chi connectivity index (χ0) is 18.5. The van der Waals surface area contributed by atoms with Gasteiger partial charge in [-0.05, 0) is 12.5 Å². The zero-order valence-electron chi connectivity index (χ0n) is 13.9. The number of anilines is 2. The van der Waals surface area contributed by atoms with Crippen LogP contribution in [0.3, 0.4) is 0 Å². The Morgan fingerprint density at radius 1 is 1.35 bits per heavy atom. The maximum absolute atomic E-state index is 12.3. The quantitative estimate of drug-likeness (QED) is 0.618. The van der Waals surface area contributed by atoms with Crippen LogP contribution in [0.15, 0.2) is 29.8 Å². The Balaban J connectivity index is 1.54. The SMILES string of the molecule is O=C(CN1CCCN(c2nccs2)CC1)Nc1ccc([N+](=O)[O-])cc1Cl. The molecular formula is C16H18ClN5O3S. The number of nitrogens with one attached hydrogen (secondary N) is 1. The molecule has 10 heteroatoms. The molecule has 0 atom stereocenters. The number of rotatable bonds is 5. The Labute approximate surface area is 159 Å². The summed E-state index contributed by atoms with van der Waals surface area (Å²) in [5.41, 5.74) is 0.268. The molecule has 1 N–H and O–H groups in total. The number of nitro benzene ring substituents is 1. The van der Waals surface area contributed by atoms with Gasteiger partial charge in [-0.3, -0.25) is 19.8 Å². The maximum Gasteiger partial charge on any atom is 0.271 e. The first kappa shape index (κ1) is 18.6. The largest absolute Gasteiger partial charge is 0.347 e. The minimum Gasteiger partial charge on any atom is -0.347 e. The average Bonchev–Trinajstić information content (AvgIpc) is 3.04. The van der Waals surface area contributed by atoms with Gasteiger partial charge in [-0.25, -0.2) is 4.98 Å². The minimum absolute atomic E-state index is 0.109. The number of carbonyl (C=O) groups excluding carboxylic acids is 1. The Morgan fingerprint density at radius 3 is 2.88 bits per heavy atom.